The maximum absolute atomic E-state index is 15.0. The van der Waals surface area contributed by atoms with Crippen LogP contribution in [-0.4, -0.2) is 29.3 Å². The van der Waals surface area contributed by atoms with Crippen molar-refractivity contribution < 1.29 is 18.4 Å². The molecule has 0 unspecified atom stereocenters. The van der Waals surface area contributed by atoms with E-state index in [2.05, 4.69) is 5.32 Å². The predicted octanol–water partition coefficient (Wildman–Crippen LogP) is 5.21. The first-order valence-electron chi connectivity index (χ1n) is 11.5. The molecule has 6 heteroatoms. The highest BCUT2D eigenvalue weighted by Crippen LogP contribution is 2.28. The number of hydrogen-bond acceptors (Lipinski definition) is 3. The number of halogens is 1. The van der Waals surface area contributed by atoms with Crippen LogP contribution in [0.2, 0.25) is 0 Å². The molecule has 0 aliphatic heterocycles. The van der Waals surface area contributed by atoms with Crippen molar-refractivity contribution in [3.8, 4) is 0 Å². The minimum absolute atomic E-state index is 0.0455. The zero-order chi connectivity index (χ0) is 23.2. The van der Waals surface area contributed by atoms with E-state index < -0.39 is 17.8 Å². The molecule has 2 amide bonds. The lowest BCUT2D eigenvalue weighted by molar-refractivity contribution is -0.126. The molecule has 1 atom stereocenters. The van der Waals surface area contributed by atoms with Gasteiger partial charge in [0.2, 0.25) is 5.91 Å². The van der Waals surface area contributed by atoms with Crippen LogP contribution in [-0.2, 0) is 11.2 Å². The fraction of sp³-hybridized carbons (Fsp3) is 0.333. The maximum atomic E-state index is 15.0. The summed E-state index contributed by atoms with van der Waals surface area (Å²) in [5.41, 5.74) is 2.33. The Bertz CT molecular complexity index is 1090. The highest BCUT2D eigenvalue weighted by atomic mass is 19.1. The number of rotatable bonds is 8. The normalized spacial score (nSPS) is 14.7. The summed E-state index contributed by atoms with van der Waals surface area (Å²) in [6.07, 6.45) is 5.84. The van der Waals surface area contributed by atoms with Gasteiger partial charge in [-0.2, -0.15) is 0 Å². The Morgan fingerprint density at radius 3 is 2.58 bits per heavy atom. The van der Waals surface area contributed by atoms with Gasteiger partial charge in [-0.05, 0) is 49.9 Å². The Labute approximate surface area is 193 Å². The van der Waals surface area contributed by atoms with Crippen molar-refractivity contribution in [1.29, 1.82) is 0 Å². The van der Waals surface area contributed by atoms with Crippen LogP contribution in [0.1, 0.15) is 59.0 Å². The van der Waals surface area contributed by atoms with Crippen molar-refractivity contribution >= 4 is 11.8 Å². The fourth-order valence-electron chi connectivity index (χ4n) is 4.50. The Hall–Kier alpha value is -3.41. The molecule has 4 rings (SSSR count). The van der Waals surface area contributed by atoms with Gasteiger partial charge in [0.1, 0.15) is 11.9 Å². The molecule has 1 N–H and O–H groups in total. The van der Waals surface area contributed by atoms with E-state index >= 15 is 0 Å². The molecule has 1 aliphatic carbocycles. The molecule has 0 spiro atoms. The minimum atomic E-state index is -1.10. The smallest absolute Gasteiger partial charge is 0.290 e. The first kappa shape index (κ1) is 22.8. The van der Waals surface area contributed by atoms with Crippen LogP contribution in [0.3, 0.4) is 0 Å². The second kappa shape index (κ2) is 10.5. The molecule has 3 aromatic rings. The summed E-state index contributed by atoms with van der Waals surface area (Å²) in [6.45, 7) is 2.24. The fourth-order valence-corrected chi connectivity index (χ4v) is 4.50. The number of benzene rings is 2. The molecule has 2 aromatic carbocycles. The Kier molecular flexibility index (Phi) is 7.23. The van der Waals surface area contributed by atoms with Gasteiger partial charge in [-0.3, -0.25) is 9.59 Å². The third-order valence-corrected chi connectivity index (χ3v) is 6.18. The van der Waals surface area contributed by atoms with Crippen LogP contribution >= 0.6 is 0 Å². The highest BCUT2D eigenvalue weighted by molar-refractivity contribution is 5.96. The molecule has 1 heterocycles. The van der Waals surface area contributed by atoms with Gasteiger partial charge in [-0.1, -0.05) is 60.9 Å². The average molecular weight is 449 g/mol. The van der Waals surface area contributed by atoms with Gasteiger partial charge in [0.15, 0.2) is 5.76 Å². The van der Waals surface area contributed by atoms with Crippen molar-refractivity contribution in [3.05, 3.63) is 95.2 Å². The number of amides is 2. The first-order chi connectivity index (χ1) is 16.0. The van der Waals surface area contributed by atoms with E-state index in [0.717, 1.165) is 36.8 Å². The summed E-state index contributed by atoms with van der Waals surface area (Å²) < 4.78 is 20.3. The predicted molar refractivity (Wildman–Crippen MR) is 124 cm³/mol. The Balaban J connectivity index is 1.69. The summed E-state index contributed by atoms with van der Waals surface area (Å²) in [4.78, 5) is 28.5. The summed E-state index contributed by atoms with van der Waals surface area (Å²) in [5.74, 6) is -1.20. The molecule has 33 heavy (non-hydrogen) atoms. The van der Waals surface area contributed by atoms with Gasteiger partial charge in [0.25, 0.3) is 5.91 Å². The van der Waals surface area contributed by atoms with Crippen LogP contribution in [0, 0.1) is 12.7 Å². The largest absolute Gasteiger partial charge is 0.459 e. The zero-order valence-corrected chi connectivity index (χ0v) is 18.8. The third-order valence-electron chi connectivity index (χ3n) is 6.18. The highest BCUT2D eigenvalue weighted by Gasteiger charge is 2.35. The van der Waals surface area contributed by atoms with Crippen molar-refractivity contribution in [1.82, 2.24) is 10.2 Å². The number of hydrogen-bond donors (Lipinski definition) is 1. The van der Waals surface area contributed by atoms with E-state index in [9.17, 15) is 14.0 Å². The molecule has 0 saturated heterocycles. The van der Waals surface area contributed by atoms with Gasteiger partial charge < -0.3 is 14.6 Å². The lowest BCUT2D eigenvalue weighted by atomic mass is 10.0. The summed E-state index contributed by atoms with van der Waals surface area (Å²) >= 11 is 0. The van der Waals surface area contributed by atoms with Crippen LogP contribution < -0.4 is 5.32 Å². The van der Waals surface area contributed by atoms with E-state index in [0.29, 0.717) is 6.42 Å². The summed E-state index contributed by atoms with van der Waals surface area (Å²) in [7, 11) is 0. The van der Waals surface area contributed by atoms with Gasteiger partial charge in [-0.15, -0.1) is 0 Å². The molecule has 1 aromatic heterocycles. The number of carbonyl (C=O) groups excluding carboxylic acids is 2. The van der Waals surface area contributed by atoms with Gasteiger partial charge in [0, 0.05) is 18.2 Å². The van der Waals surface area contributed by atoms with Crippen LogP contribution in [0.4, 0.5) is 4.39 Å². The third kappa shape index (κ3) is 5.51. The van der Waals surface area contributed by atoms with E-state index in [1.54, 1.807) is 30.3 Å². The molecule has 172 valence electrons. The van der Waals surface area contributed by atoms with Crippen molar-refractivity contribution in [2.75, 3.05) is 6.54 Å². The van der Waals surface area contributed by atoms with E-state index in [4.69, 9.17) is 4.42 Å². The second-order valence-corrected chi connectivity index (χ2v) is 8.63. The Morgan fingerprint density at radius 1 is 1.09 bits per heavy atom. The van der Waals surface area contributed by atoms with Crippen molar-refractivity contribution in [2.24, 2.45) is 0 Å². The maximum Gasteiger partial charge on any atom is 0.290 e. The average Bonchev–Trinajstić information content (AvgIpc) is 3.51. The minimum Gasteiger partial charge on any atom is -0.459 e. The van der Waals surface area contributed by atoms with Gasteiger partial charge in [0.05, 0.1) is 6.26 Å². The number of nitrogens with zero attached hydrogens (tertiary/aromatic N) is 1. The lowest BCUT2D eigenvalue weighted by Gasteiger charge is -2.32. The topological polar surface area (TPSA) is 62.6 Å². The molecule has 1 fully saturated rings. The molecule has 1 aliphatic rings. The Morgan fingerprint density at radius 2 is 1.88 bits per heavy atom. The van der Waals surface area contributed by atoms with Crippen molar-refractivity contribution in [2.45, 2.75) is 51.1 Å². The molecule has 5 nitrogen and oxygen atoms in total. The first-order valence-corrected chi connectivity index (χ1v) is 11.5. The number of nitrogens with one attached hydrogen (secondary N) is 1. The quantitative estimate of drug-likeness (QED) is 0.514. The number of carbonyl (C=O) groups is 2. The van der Waals surface area contributed by atoms with E-state index in [1.165, 1.54) is 17.2 Å². The standard InChI is InChI=1S/C27H29FN2O3/c1-19-8-6-9-20(18-19)15-16-30(27(32)24-14-7-17-33-24)25(22-12-4-5-13-23(22)28)26(31)29-21-10-2-3-11-21/h4-9,12-14,17-18,21,25H,2-3,10-11,15-16H2,1H3,(H,29,31)/t25-/m0/s1. The van der Waals surface area contributed by atoms with Crippen LogP contribution in [0.15, 0.2) is 71.3 Å². The molecule has 1 saturated carbocycles. The monoisotopic (exact) mass is 448 g/mol. The molecule has 0 bridgehead atoms. The van der Waals surface area contributed by atoms with Crippen LogP contribution in [0.5, 0.6) is 0 Å². The van der Waals surface area contributed by atoms with E-state index in [-0.39, 0.29) is 29.8 Å². The van der Waals surface area contributed by atoms with Crippen molar-refractivity contribution in [3.63, 3.8) is 0 Å². The molecular formula is C27H29FN2O3. The molecule has 0 radical (unpaired) electrons. The number of furan rings is 1. The summed E-state index contributed by atoms with van der Waals surface area (Å²) in [5, 5.41) is 3.06. The van der Waals surface area contributed by atoms with Gasteiger partial charge >= 0.3 is 0 Å². The van der Waals surface area contributed by atoms with E-state index in [1.807, 2.05) is 31.2 Å². The zero-order valence-electron chi connectivity index (χ0n) is 18.8. The number of aryl methyl sites for hydroxylation is 1. The molecular weight excluding hydrogens is 419 g/mol. The summed E-state index contributed by atoms with van der Waals surface area (Å²) in [6, 6.07) is 16.3. The van der Waals surface area contributed by atoms with Gasteiger partial charge in [-0.25, -0.2) is 4.39 Å². The second-order valence-electron chi connectivity index (χ2n) is 8.63. The van der Waals surface area contributed by atoms with Crippen LogP contribution in [0.25, 0.3) is 0 Å². The lowest BCUT2D eigenvalue weighted by Crippen LogP contribution is -2.47. The SMILES string of the molecule is Cc1cccc(CCN(C(=O)c2ccco2)[C@H](C(=O)NC2CCCC2)c2ccccc2F)c1.